The van der Waals surface area contributed by atoms with Crippen LogP contribution in [-0.2, 0) is 13.0 Å². The molecule has 0 aliphatic carbocycles. The Kier molecular flexibility index (Phi) is 5.46. The minimum absolute atomic E-state index is 0.725. The van der Waals surface area contributed by atoms with E-state index >= 15 is 0 Å². The van der Waals surface area contributed by atoms with Crippen LogP contribution in [0.15, 0.2) is 30.5 Å². The number of nitrogens with zero attached hydrogens (tertiary/aromatic N) is 1. The molecule has 0 spiro atoms. The highest BCUT2D eigenvalue weighted by atomic mass is 14.9. The first-order valence-corrected chi connectivity index (χ1v) is 7.63. The molecule has 0 atom stereocenters. The fourth-order valence-electron chi connectivity index (χ4n) is 2.63. The van der Waals surface area contributed by atoms with E-state index in [9.17, 15) is 0 Å². The highest BCUT2D eigenvalue weighted by Gasteiger charge is 2.02. The van der Waals surface area contributed by atoms with Crippen LogP contribution in [0.4, 0.5) is 0 Å². The molecular formula is C17H26N2. The van der Waals surface area contributed by atoms with Crippen molar-refractivity contribution in [3.63, 3.8) is 0 Å². The van der Waals surface area contributed by atoms with Gasteiger partial charge in [-0.05, 0) is 42.5 Å². The molecule has 0 aliphatic rings. The van der Waals surface area contributed by atoms with Crippen molar-refractivity contribution >= 4 is 10.9 Å². The Morgan fingerprint density at radius 2 is 1.89 bits per heavy atom. The van der Waals surface area contributed by atoms with Crippen LogP contribution in [-0.4, -0.2) is 11.1 Å². The zero-order valence-electron chi connectivity index (χ0n) is 12.1. The zero-order chi connectivity index (χ0) is 13.5. The number of hydrogen-bond acceptors (Lipinski definition) is 1. The Labute approximate surface area is 116 Å². The summed E-state index contributed by atoms with van der Waals surface area (Å²) in [5.74, 6) is 0. The molecule has 0 amide bonds. The largest absolute Gasteiger partial charge is 0.347 e. The lowest BCUT2D eigenvalue weighted by atomic mass is 10.1. The molecule has 2 nitrogen and oxygen atoms in total. The number of hydrogen-bond donors (Lipinski definition) is 1. The van der Waals surface area contributed by atoms with Crippen molar-refractivity contribution in [1.29, 1.82) is 0 Å². The zero-order valence-corrected chi connectivity index (χ0v) is 12.1. The van der Waals surface area contributed by atoms with E-state index in [1.165, 1.54) is 48.6 Å². The summed E-state index contributed by atoms with van der Waals surface area (Å²) in [7, 11) is 0. The molecule has 0 radical (unpaired) electrons. The summed E-state index contributed by atoms with van der Waals surface area (Å²) < 4.78 is 2.39. The number of unbranched alkanes of at least 4 members (excludes halogenated alkanes) is 4. The molecule has 0 unspecified atom stereocenters. The third-order valence-electron chi connectivity index (χ3n) is 3.77. The average molecular weight is 258 g/mol. The van der Waals surface area contributed by atoms with Crippen molar-refractivity contribution in [2.24, 2.45) is 5.73 Å². The minimum Gasteiger partial charge on any atom is -0.347 e. The van der Waals surface area contributed by atoms with E-state index in [2.05, 4.69) is 42.0 Å². The van der Waals surface area contributed by atoms with Crippen LogP contribution in [0.3, 0.4) is 0 Å². The van der Waals surface area contributed by atoms with Crippen LogP contribution in [0, 0.1) is 0 Å². The summed E-state index contributed by atoms with van der Waals surface area (Å²) in [5, 5.41) is 1.34. The lowest BCUT2D eigenvalue weighted by Crippen LogP contribution is -2.03. The first kappa shape index (κ1) is 14.1. The first-order valence-electron chi connectivity index (χ1n) is 7.63. The van der Waals surface area contributed by atoms with Crippen molar-refractivity contribution in [3.8, 4) is 0 Å². The molecule has 0 fully saturated rings. The predicted octanol–water partition coefficient (Wildman–Crippen LogP) is 4.11. The van der Waals surface area contributed by atoms with Gasteiger partial charge in [0.2, 0.25) is 0 Å². The lowest BCUT2D eigenvalue weighted by Gasteiger charge is -2.07. The number of benzene rings is 1. The molecule has 0 saturated carbocycles. The standard InChI is InChI=1S/C17H26N2/c1-2-3-4-5-6-12-19-13-10-16-8-7-15(9-11-18)14-17(16)19/h7-8,10,13-14H,2-6,9,11-12,18H2,1H3. The summed E-state index contributed by atoms with van der Waals surface area (Å²) in [6.45, 7) is 4.13. The summed E-state index contributed by atoms with van der Waals surface area (Å²) in [4.78, 5) is 0. The molecular weight excluding hydrogens is 232 g/mol. The van der Waals surface area contributed by atoms with E-state index in [0.717, 1.165) is 19.5 Å². The van der Waals surface area contributed by atoms with Gasteiger partial charge in [0.1, 0.15) is 0 Å². The van der Waals surface area contributed by atoms with E-state index < -0.39 is 0 Å². The van der Waals surface area contributed by atoms with Crippen molar-refractivity contribution < 1.29 is 0 Å². The third kappa shape index (κ3) is 3.84. The topological polar surface area (TPSA) is 30.9 Å². The van der Waals surface area contributed by atoms with Crippen LogP contribution in [0.5, 0.6) is 0 Å². The predicted molar refractivity (Wildman–Crippen MR) is 83.5 cm³/mol. The Hall–Kier alpha value is -1.28. The van der Waals surface area contributed by atoms with E-state index in [0.29, 0.717) is 0 Å². The van der Waals surface area contributed by atoms with Gasteiger partial charge in [-0.15, -0.1) is 0 Å². The van der Waals surface area contributed by atoms with Crippen LogP contribution >= 0.6 is 0 Å². The maximum absolute atomic E-state index is 5.64. The maximum Gasteiger partial charge on any atom is 0.0483 e. The molecule has 1 aromatic carbocycles. The van der Waals surface area contributed by atoms with Gasteiger partial charge in [-0.2, -0.15) is 0 Å². The molecule has 0 aliphatic heterocycles. The number of nitrogens with two attached hydrogens (primary N) is 1. The summed E-state index contributed by atoms with van der Waals surface area (Å²) in [5.41, 5.74) is 8.35. The molecule has 1 aromatic heterocycles. The van der Waals surface area contributed by atoms with Crippen LogP contribution in [0.1, 0.15) is 44.6 Å². The molecule has 0 bridgehead atoms. The minimum atomic E-state index is 0.725. The Bertz CT molecular complexity index is 499. The van der Waals surface area contributed by atoms with Crippen LogP contribution in [0.25, 0.3) is 10.9 Å². The third-order valence-corrected chi connectivity index (χ3v) is 3.77. The van der Waals surface area contributed by atoms with Gasteiger partial charge in [0.15, 0.2) is 0 Å². The SMILES string of the molecule is CCCCCCCn1ccc2ccc(CCN)cc21. The molecule has 104 valence electrons. The normalized spacial score (nSPS) is 11.3. The number of rotatable bonds is 8. The second kappa shape index (κ2) is 7.34. The van der Waals surface area contributed by atoms with Crippen molar-refractivity contribution in [2.45, 2.75) is 52.0 Å². The van der Waals surface area contributed by atoms with Gasteiger partial charge in [0.05, 0.1) is 0 Å². The highest BCUT2D eigenvalue weighted by Crippen LogP contribution is 2.19. The molecule has 19 heavy (non-hydrogen) atoms. The highest BCUT2D eigenvalue weighted by molar-refractivity contribution is 5.80. The number of fused-ring (bicyclic) bond motifs is 1. The summed E-state index contributed by atoms with van der Waals surface area (Å²) in [6, 6.07) is 8.93. The first-order chi connectivity index (χ1) is 9.35. The smallest absolute Gasteiger partial charge is 0.0483 e. The fraction of sp³-hybridized carbons (Fsp3) is 0.529. The molecule has 1 heterocycles. The molecule has 2 aromatic rings. The molecule has 0 saturated heterocycles. The molecule has 2 rings (SSSR count). The van der Waals surface area contributed by atoms with Gasteiger partial charge in [0, 0.05) is 18.3 Å². The van der Waals surface area contributed by atoms with Crippen molar-refractivity contribution in [1.82, 2.24) is 4.57 Å². The van der Waals surface area contributed by atoms with E-state index in [-0.39, 0.29) is 0 Å². The van der Waals surface area contributed by atoms with Crippen LogP contribution in [0.2, 0.25) is 0 Å². The summed E-state index contributed by atoms with van der Waals surface area (Å²) in [6.07, 6.45) is 9.87. The number of aryl methyl sites for hydroxylation is 1. The van der Waals surface area contributed by atoms with Crippen LogP contribution < -0.4 is 5.73 Å². The van der Waals surface area contributed by atoms with Crippen molar-refractivity contribution in [3.05, 3.63) is 36.0 Å². The van der Waals surface area contributed by atoms with E-state index in [1.807, 2.05) is 0 Å². The van der Waals surface area contributed by atoms with Gasteiger partial charge in [-0.25, -0.2) is 0 Å². The monoisotopic (exact) mass is 258 g/mol. The van der Waals surface area contributed by atoms with Gasteiger partial charge >= 0.3 is 0 Å². The quantitative estimate of drug-likeness (QED) is 0.710. The van der Waals surface area contributed by atoms with Crippen molar-refractivity contribution in [2.75, 3.05) is 6.54 Å². The molecule has 2 heteroatoms. The second-order valence-corrected chi connectivity index (χ2v) is 5.36. The average Bonchev–Trinajstić information content (AvgIpc) is 2.82. The van der Waals surface area contributed by atoms with E-state index in [1.54, 1.807) is 0 Å². The van der Waals surface area contributed by atoms with Gasteiger partial charge < -0.3 is 10.3 Å². The Morgan fingerprint density at radius 3 is 2.68 bits per heavy atom. The maximum atomic E-state index is 5.64. The fourth-order valence-corrected chi connectivity index (χ4v) is 2.63. The lowest BCUT2D eigenvalue weighted by molar-refractivity contribution is 0.577. The molecule has 2 N–H and O–H groups in total. The van der Waals surface area contributed by atoms with E-state index in [4.69, 9.17) is 5.73 Å². The second-order valence-electron chi connectivity index (χ2n) is 5.36. The Balaban J connectivity index is 1.99. The Morgan fingerprint density at radius 1 is 1.05 bits per heavy atom. The van der Waals surface area contributed by atoms with Gasteiger partial charge in [0.25, 0.3) is 0 Å². The van der Waals surface area contributed by atoms with Gasteiger partial charge in [-0.3, -0.25) is 0 Å². The summed E-state index contributed by atoms with van der Waals surface area (Å²) >= 11 is 0. The number of aromatic nitrogens is 1. The van der Waals surface area contributed by atoms with Gasteiger partial charge in [-0.1, -0.05) is 44.7 Å².